The van der Waals surface area contributed by atoms with E-state index >= 15 is 0 Å². The van der Waals surface area contributed by atoms with Crippen LogP contribution >= 0.6 is 0 Å². The summed E-state index contributed by atoms with van der Waals surface area (Å²) in [7, 11) is 0. The minimum absolute atomic E-state index is 0.0619. The van der Waals surface area contributed by atoms with Gasteiger partial charge in [-0.3, -0.25) is 20.5 Å². The van der Waals surface area contributed by atoms with Gasteiger partial charge in [-0.25, -0.2) is 13.6 Å². The first kappa shape index (κ1) is 25.2. The lowest BCUT2D eigenvalue weighted by molar-refractivity contribution is 0.262. The van der Waals surface area contributed by atoms with E-state index in [0.717, 1.165) is 24.2 Å². The summed E-state index contributed by atoms with van der Waals surface area (Å²) in [6.07, 6.45) is 3.69. The van der Waals surface area contributed by atoms with E-state index in [2.05, 4.69) is 36.2 Å². The maximum atomic E-state index is 13.9. The molecule has 0 radical (unpaired) electrons. The van der Waals surface area contributed by atoms with Crippen LogP contribution in [-0.4, -0.2) is 40.0 Å². The van der Waals surface area contributed by atoms with Gasteiger partial charge in [0.05, 0.1) is 16.9 Å². The molecule has 0 saturated heterocycles. The summed E-state index contributed by atoms with van der Waals surface area (Å²) in [5.41, 5.74) is 5.89. The summed E-state index contributed by atoms with van der Waals surface area (Å²) in [6.45, 7) is 3.23. The number of hydrogen-bond acceptors (Lipinski definition) is 6. The van der Waals surface area contributed by atoms with Crippen molar-refractivity contribution in [2.24, 2.45) is 5.73 Å². The number of urea groups is 1. The number of halogens is 2. The second kappa shape index (κ2) is 11.7. The van der Waals surface area contributed by atoms with Crippen LogP contribution in [-0.2, 0) is 6.54 Å². The van der Waals surface area contributed by atoms with Gasteiger partial charge in [-0.1, -0.05) is 6.07 Å². The Labute approximate surface area is 199 Å². The van der Waals surface area contributed by atoms with Crippen molar-refractivity contribution in [3.05, 3.63) is 69.9 Å². The Kier molecular flexibility index (Phi) is 8.40. The average molecular weight is 485 g/mol. The van der Waals surface area contributed by atoms with Crippen LogP contribution in [0.2, 0.25) is 0 Å². The summed E-state index contributed by atoms with van der Waals surface area (Å²) in [4.78, 5) is 35.3. The summed E-state index contributed by atoms with van der Waals surface area (Å²) in [5, 5.41) is 17.5. The number of carbonyl (C=O) groups excluding carboxylic acids is 1. The molecule has 2 heterocycles. The van der Waals surface area contributed by atoms with Crippen molar-refractivity contribution in [2.75, 3.05) is 23.7 Å². The molecular weight excluding hydrogens is 460 g/mol. The number of guanidine groups is 1. The van der Waals surface area contributed by atoms with Crippen LogP contribution in [0.4, 0.5) is 25.2 Å². The number of carbonyl (C=O) groups is 1. The Bertz CT molecular complexity index is 1260. The highest BCUT2D eigenvalue weighted by Crippen LogP contribution is 2.19. The van der Waals surface area contributed by atoms with Crippen LogP contribution < -0.4 is 32.6 Å². The molecule has 0 unspecified atom stereocenters. The van der Waals surface area contributed by atoms with Gasteiger partial charge >= 0.3 is 6.03 Å². The second-order valence-corrected chi connectivity index (χ2v) is 7.54. The molecule has 11 nitrogen and oxygen atoms in total. The largest absolute Gasteiger partial charge is 0.370 e. The highest BCUT2D eigenvalue weighted by atomic mass is 19.1. The van der Waals surface area contributed by atoms with Gasteiger partial charge in [0, 0.05) is 37.1 Å². The molecule has 0 atom stereocenters. The number of nitrogens with two attached hydrogens (primary N) is 1. The normalized spacial score (nSPS) is 10.6. The molecule has 35 heavy (non-hydrogen) atoms. The minimum atomic E-state index is -0.904. The van der Waals surface area contributed by atoms with Crippen LogP contribution in [0, 0.1) is 24.0 Å². The van der Waals surface area contributed by atoms with Crippen LogP contribution in [0.1, 0.15) is 17.7 Å². The summed E-state index contributed by atoms with van der Waals surface area (Å²) < 4.78 is 27.5. The zero-order valence-corrected chi connectivity index (χ0v) is 18.8. The molecule has 0 aliphatic rings. The summed E-state index contributed by atoms with van der Waals surface area (Å²) in [5.74, 6) is -1.70. The van der Waals surface area contributed by atoms with Crippen molar-refractivity contribution in [1.29, 1.82) is 5.41 Å². The monoisotopic (exact) mass is 485 g/mol. The molecule has 2 aromatic heterocycles. The number of hydrogen-bond donors (Lipinski definition) is 7. The van der Waals surface area contributed by atoms with Gasteiger partial charge in [0.1, 0.15) is 11.6 Å². The van der Waals surface area contributed by atoms with E-state index in [9.17, 15) is 18.4 Å². The molecule has 0 bridgehead atoms. The molecule has 0 aliphatic carbocycles. The number of anilines is 2. The quantitative estimate of drug-likeness (QED) is 0.138. The number of amides is 2. The third-order valence-corrected chi connectivity index (χ3v) is 4.81. The lowest BCUT2D eigenvalue weighted by atomic mass is 10.1. The van der Waals surface area contributed by atoms with E-state index in [0.29, 0.717) is 25.2 Å². The molecule has 8 N–H and O–H groups in total. The summed E-state index contributed by atoms with van der Waals surface area (Å²) in [6, 6.07) is 4.41. The van der Waals surface area contributed by atoms with E-state index in [1.807, 2.05) is 0 Å². The van der Waals surface area contributed by atoms with Crippen molar-refractivity contribution in [3.63, 3.8) is 0 Å². The molecule has 184 valence electrons. The number of nitrogens with one attached hydrogen (secondary N) is 6. The number of benzene rings is 1. The molecule has 2 amide bonds. The topological polar surface area (TPSA) is 174 Å². The van der Waals surface area contributed by atoms with E-state index < -0.39 is 23.2 Å². The standard InChI is InChI=1S/C22H25F2N9O2/c1-12-7-17(24)18(8-16(12)23)31-22(35)33-21-30-11-15(19(34)32-21)13-3-4-14(29-9-13)10-27-5-2-6-28-20(25)26/h3-4,7-9,11,27H,2,5-6,10H2,1H3,(H4,25,26,28)(H3,30,31,32,33,34,35). The number of H-pyrrole nitrogens is 1. The smallest absolute Gasteiger partial charge is 0.326 e. The number of rotatable bonds is 9. The molecular formula is C22H25F2N9O2. The van der Waals surface area contributed by atoms with E-state index in [1.54, 1.807) is 12.1 Å². The molecule has 3 rings (SSSR count). The Hall–Kier alpha value is -4.39. The molecule has 0 aliphatic heterocycles. The van der Waals surface area contributed by atoms with Gasteiger partial charge < -0.3 is 26.7 Å². The Morgan fingerprint density at radius 1 is 1.17 bits per heavy atom. The van der Waals surface area contributed by atoms with Gasteiger partial charge in [-0.2, -0.15) is 4.98 Å². The van der Waals surface area contributed by atoms with Gasteiger partial charge in [0.25, 0.3) is 5.56 Å². The zero-order chi connectivity index (χ0) is 25.4. The van der Waals surface area contributed by atoms with Crippen molar-refractivity contribution >= 4 is 23.6 Å². The Morgan fingerprint density at radius 3 is 2.66 bits per heavy atom. The van der Waals surface area contributed by atoms with Crippen LogP contribution in [0.25, 0.3) is 11.1 Å². The lowest BCUT2D eigenvalue weighted by Gasteiger charge is -2.09. The number of aromatic nitrogens is 3. The second-order valence-electron chi connectivity index (χ2n) is 7.54. The number of pyridine rings is 1. The fraction of sp³-hybridized carbons (Fsp3) is 0.227. The predicted molar refractivity (Wildman–Crippen MR) is 128 cm³/mol. The van der Waals surface area contributed by atoms with Crippen molar-refractivity contribution in [3.8, 4) is 11.1 Å². The van der Waals surface area contributed by atoms with Crippen LogP contribution in [0.15, 0.2) is 41.5 Å². The SMILES string of the molecule is Cc1cc(F)c(NC(=O)Nc2nc(=O)c(-c3ccc(CNCCCNC(=N)N)nc3)c[nH]2)cc1F. The molecule has 13 heteroatoms. The first-order chi connectivity index (χ1) is 16.7. The van der Waals surface area contributed by atoms with Crippen molar-refractivity contribution < 1.29 is 13.6 Å². The number of aryl methyl sites for hydroxylation is 1. The predicted octanol–water partition coefficient (Wildman–Crippen LogP) is 2.03. The van der Waals surface area contributed by atoms with E-state index in [4.69, 9.17) is 11.1 Å². The third-order valence-electron chi connectivity index (χ3n) is 4.81. The lowest BCUT2D eigenvalue weighted by Crippen LogP contribution is -2.32. The average Bonchev–Trinajstić information content (AvgIpc) is 2.80. The summed E-state index contributed by atoms with van der Waals surface area (Å²) >= 11 is 0. The minimum Gasteiger partial charge on any atom is -0.370 e. The molecule has 3 aromatic rings. The Balaban J connectivity index is 1.56. The van der Waals surface area contributed by atoms with Gasteiger partial charge in [-0.05, 0) is 37.6 Å². The Morgan fingerprint density at radius 2 is 1.97 bits per heavy atom. The fourth-order valence-electron chi connectivity index (χ4n) is 3.01. The first-order valence-corrected chi connectivity index (χ1v) is 10.6. The van der Waals surface area contributed by atoms with E-state index in [-0.39, 0.29) is 28.7 Å². The van der Waals surface area contributed by atoms with Crippen LogP contribution in [0.3, 0.4) is 0 Å². The van der Waals surface area contributed by atoms with Gasteiger partial charge in [0.15, 0.2) is 5.96 Å². The number of aromatic amines is 1. The fourth-order valence-corrected chi connectivity index (χ4v) is 3.01. The van der Waals surface area contributed by atoms with Gasteiger partial charge in [-0.15, -0.1) is 0 Å². The highest BCUT2D eigenvalue weighted by molar-refractivity contribution is 5.98. The highest BCUT2D eigenvalue weighted by Gasteiger charge is 2.13. The van der Waals surface area contributed by atoms with Crippen molar-refractivity contribution in [2.45, 2.75) is 19.9 Å². The third kappa shape index (κ3) is 7.30. The molecule has 0 spiro atoms. The molecule has 0 saturated carbocycles. The van der Waals surface area contributed by atoms with Gasteiger partial charge in [0.2, 0.25) is 5.95 Å². The van der Waals surface area contributed by atoms with Crippen LogP contribution in [0.5, 0.6) is 0 Å². The number of nitrogens with zero attached hydrogens (tertiary/aromatic N) is 2. The maximum absolute atomic E-state index is 13.9. The van der Waals surface area contributed by atoms with Crippen molar-refractivity contribution in [1.82, 2.24) is 25.6 Å². The molecule has 0 fully saturated rings. The first-order valence-electron chi connectivity index (χ1n) is 10.6. The van der Waals surface area contributed by atoms with E-state index in [1.165, 1.54) is 19.3 Å². The zero-order valence-electron chi connectivity index (χ0n) is 18.8. The molecule has 1 aromatic carbocycles. The maximum Gasteiger partial charge on any atom is 0.326 e.